The van der Waals surface area contributed by atoms with Crippen molar-refractivity contribution < 1.29 is 8.42 Å². The molecule has 0 amide bonds. The number of nitrogens with two attached hydrogens (primary N) is 1. The van der Waals surface area contributed by atoms with Crippen molar-refractivity contribution in [1.82, 2.24) is 10.0 Å². The van der Waals surface area contributed by atoms with Crippen molar-refractivity contribution >= 4 is 15.7 Å². The van der Waals surface area contributed by atoms with Crippen molar-refractivity contribution in [2.45, 2.75) is 17.9 Å². The molecule has 0 bridgehead atoms. The first-order chi connectivity index (χ1) is 10.6. The van der Waals surface area contributed by atoms with Gasteiger partial charge in [-0.25, -0.2) is 13.1 Å². The fourth-order valence-electron chi connectivity index (χ4n) is 1.98. The lowest BCUT2D eigenvalue weighted by molar-refractivity contribution is 0.573. The average molecular weight is 319 g/mol. The normalized spacial score (nSPS) is 11.5. The molecule has 0 heterocycles. The van der Waals surface area contributed by atoms with Gasteiger partial charge in [0.05, 0.1) is 4.90 Å². The predicted octanol–water partition coefficient (Wildman–Crippen LogP) is 1.73. The van der Waals surface area contributed by atoms with Gasteiger partial charge in [0.2, 0.25) is 10.0 Å². The largest absolute Gasteiger partial charge is 0.399 e. The van der Waals surface area contributed by atoms with Gasteiger partial charge in [0.15, 0.2) is 0 Å². The van der Waals surface area contributed by atoms with E-state index < -0.39 is 10.0 Å². The number of hydrogen-bond acceptors (Lipinski definition) is 4. The van der Waals surface area contributed by atoms with Gasteiger partial charge in [0, 0.05) is 18.8 Å². The number of rotatable bonds is 8. The first-order valence-corrected chi connectivity index (χ1v) is 8.66. The lowest BCUT2D eigenvalue weighted by Crippen LogP contribution is -2.27. The third kappa shape index (κ3) is 5.14. The van der Waals surface area contributed by atoms with E-state index in [0.717, 1.165) is 19.5 Å². The maximum Gasteiger partial charge on any atom is 0.240 e. The highest BCUT2D eigenvalue weighted by molar-refractivity contribution is 7.89. The first-order valence-electron chi connectivity index (χ1n) is 7.18. The van der Waals surface area contributed by atoms with Crippen LogP contribution >= 0.6 is 0 Å². The molecule has 118 valence electrons. The zero-order chi connectivity index (χ0) is 15.8. The third-order valence-electron chi connectivity index (χ3n) is 3.18. The van der Waals surface area contributed by atoms with E-state index in [2.05, 4.69) is 22.2 Å². The van der Waals surface area contributed by atoms with Crippen LogP contribution in [0, 0.1) is 0 Å². The summed E-state index contributed by atoms with van der Waals surface area (Å²) < 4.78 is 26.6. The van der Waals surface area contributed by atoms with Crippen LogP contribution in [0.4, 0.5) is 5.69 Å². The van der Waals surface area contributed by atoms with E-state index in [4.69, 9.17) is 5.73 Å². The highest BCUT2D eigenvalue weighted by Crippen LogP contribution is 2.11. The van der Waals surface area contributed by atoms with Gasteiger partial charge in [-0.15, -0.1) is 0 Å². The van der Waals surface area contributed by atoms with Gasteiger partial charge in [-0.05, 0) is 42.8 Å². The van der Waals surface area contributed by atoms with Gasteiger partial charge < -0.3 is 11.1 Å². The molecule has 22 heavy (non-hydrogen) atoms. The minimum Gasteiger partial charge on any atom is -0.399 e. The highest BCUT2D eigenvalue weighted by Gasteiger charge is 2.12. The van der Waals surface area contributed by atoms with Gasteiger partial charge in [-0.2, -0.15) is 0 Å². The number of benzene rings is 2. The lowest BCUT2D eigenvalue weighted by Gasteiger charge is -2.08. The molecule has 4 N–H and O–H groups in total. The first kappa shape index (κ1) is 16.5. The Morgan fingerprint density at radius 1 is 0.909 bits per heavy atom. The summed E-state index contributed by atoms with van der Waals surface area (Å²) in [5.41, 5.74) is 7.31. The summed E-state index contributed by atoms with van der Waals surface area (Å²) in [6.45, 7) is 1.93. The highest BCUT2D eigenvalue weighted by atomic mass is 32.2. The quantitative estimate of drug-likeness (QED) is 0.511. The monoisotopic (exact) mass is 319 g/mol. The van der Waals surface area contributed by atoms with Crippen LogP contribution in [0.15, 0.2) is 59.5 Å². The van der Waals surface area contributed by atoms with Crippen LogP contribution in [0.1, 0.15) is 12.0 Å². The lowest BCUT2D eigenvalue weighted by atomic mass is 10.2. The molecule has 0 aliphatic heterocycles. The molecule has 0 radical (unpaired) electrons. The maximum absolute atomic E-state index is 12.0. The number of nitrogens with one attached hydrogen (secondary N) is 2. The van der Waals surface area contributed by atoms with E-state index >= 15 is 0 Å². The molecule has 5 nitrogen and oxygen atoms in total. The molecule has 2 aromatic carbocycles. The molecule has 2 rings (SSSR count). The number of anilines is 1. The topological polar surface area (TPSA) is 84.2 Å². The summed E-state index contributed by atoms with van der Waals surface area (Å²) >= 11 is 0. The molecule has 0 atom stereocenters. The minimum atomic E-state index is -3.45. The second-order valence-corrected chi connectivity index (χ2v) is 6.75. The fraction of sp³-hybridized carbons (Fsp3) is 0.250. The average Bonchev–Trinajstić information content (AvgIpc) is 2.52. The van der Waals surface area contributed by atoms with Gasteiger partial charge >= 0.3 is 0 Å². The van der Waals surface area contributed by atoms with Crippen molar-refractivity contribution in [2.24, 2.45) is 0 Å². The molecule has 0 aliphatic rings. The summed E-state index contributed by atoms with van der Waals surface area (Å²) in [5, 5.41) is 3.28. The maximum atomic E-state index is 12.0. The van der Waals surface area contributed by atoms with Crippen LogP contribution in [0.3, 0.4) is 0 Å². The predicted molar refractivity (Wildman–Crippen MR) is 88.8 cm³/mol. The molecule has 0 saturated heterocycles. The van der Waals surface area contributed by atoms with Crippen molar-refractivity contribution in [3.05, 3.63) is 60.2 Å². The van der Waals surface area contributed by atoms with Crippen LogP contribution < -0.4 is 15.8 Å². The molecular formula is C16H21N3O2S. The second kappa shape index (κ2) is 7.93. The van der Waals surface area contributed by atoms with Crippen LogP contribution in [-0.4, -0.2) is 21.5 Å². The standard InChI is InChI=1S/C16H21N3O2S/c17-15-7-9-16(10-8-15)22(20,21)19-12-4-11-18-13-14-5-2-1-3-6-14/h1-3,5-10,18-19H,4,11-13,17H2. The van der Waals surface area contributed by atoms with Crippen molar-refractivity contribution in [3.63, 3.8) is 0 Å². The summed E-state index contributed by atoms with van der Waals surface area (Å²) in [4.78, 5) is 0.235. The summed E-state index contributed by atoms with van der Waals surface area (Å²) in [6.07, 6.45) is 0.723. The Hall–Kier alpha value is -1.89. The van der Waals surface area contributed by atoms with E-state index in [-0.39, 0.29) is 4.90 Å². The molecule has 0 unspecified atom stereocenters. The van der Waals surface area contributed by atoms with E-state index in [1.807, 2.05) is 18.2 Å². The fourth-order valence-corrected chi connectivity index (χ4v) is 3.05. The Labute approximate surface area is 131 Å². The number of hydrogen-bond donors (Lipinski definition) is 3. The molecular weight excluding hydrogens is 298 g/mol. The molecule has 0 saturated carbocycles. The van der Waals surface area contributed by atoms with Crippen LogP contribution in [0.2, 0.25) is 0 Å². The zero-order valence-corrected chi connectivity index (χ0v) is 13.1. The smallest absolute Gasteiger partial charge is 0.240 e. The Bertz CT molecular complexity index is 670. The Morgan fingerprint density at radius 3 is 2.27 bits per heavy atom. The molecule has 0 fully saturated rings. The Kier molecular flexibility index (Phi) is 5.94. The Morgan fingerprint density at radius 2 is 1.59 bits per heavy atom. The third-order valence-corrected chi connectivity index (χ3v) is 4.66. The summed E-state index contributed by atoms with van der Waals surface area (Å²) in [6, 6.07) is 16.3. The zero-order valence-electron chi connectivity index (χ0n) is 12.3. The van der Waals surface area contributed by atoms with Crippen molar-refractivity contribution in [1.29, 1.82) is 0 Å². The van der Waals surface area contributed by atoms with Gasteiger partial charge in [-0.1, -0.05) is 30.3 Å². The molecule has 6 heteroatoms. The van der Waals surface area contributed by atoms with E-state index in [0.29, 0.717) is 12.2 Å². The van der Waals surface area contributed by atoms with E-state index in [1.54, 1.807) is 12.1 Å². The molecule has 2 aromatic rings. The van der Waals surface area contributed by atoms with Crippen molar-refractivity contribution in [2.75, 3.05) is 18.8 Å². The molecule has 0 aliphatic carbocycles. The van der Waals surface area contributed by atoms with Crippen LogP contribution in [0.5, 0.6) is 0 Å². The van der Waals surface area contributed by atoms with E-state index in [1.165, 1.54) is 17.7 Å². The summed E-state index contributed by atoms with van der Waals surface area (Å²) in [7, 11) is -3.45. The molecule has 0 spiro atoms. The number of nitrogen functional groups attached to an aromatic ring is 1. The van der Waals surface area contributed by atoms with Gasteiger partial charge in [0.25, 0.3) is 0 Å². The second-order valence-electron chi connectivity index (χ2n) is 4.98. The van der Waals surface area contributed by atoms with Gasteiger partial charge in [-0.3, -0.25) is 0 Å². The summed E-state index contributed by atoms with van der Waals surface area (Å²) in [5.74, 6) is 0. The van der Waals surface area contributed by atoms with Gasteiger partial charge in [0.1, 0.15) is 0 Å². The number of sulfonamides is 1. The molecule has 0 aromatic heterocycles. The Balaban J connectivity index is 1.68. The van der Waals surface area contributed by atoms with Crippen LogP contribution in [0.25, 0.3) is 0 Å². The van der Waals surface area contributed by atoms with Crippen LogP contribution in [-0.2, 0) is 16.6 Å². The minimum absolute atomic E-state index is 0.235. The van der Waals surface area contributed by atoms with E-state index in [9.17, 15) is 8.42 Å². The van der Waals surface area contributed by atoms with Crippen molar-refractivity contribution in [3.8, 4) is 0 Å². The SMILES string of the molecule is Nc1ccc(S(=O)(=O)NCCCNCc2ccccc2)cc1.